The smallest absolute Gasteiger partial charge is 0.265 e. The molecule has 0 bridgehead atoms. The van der Waals surface area contributed by atoms with E-state index in [9.17, 15) is 19.5 Å². The summed E-state index contributed by atoms with van der Waals surface area (Å²) in [5.74, 6) is -1.96. The molecular weight excluding hydrogens is 344 g/mol. The van der Waals surface area contributed by atoms with Crippen LogP contribution < -0.4 is 9.84 Å². The largest absolute Gasteiger partial charge is 0.546 e. The maximum absolute atomic E-state index is 12.5. The Kier molecular flexibility index (Phi) is 5.87. The van der Waals surface area contributed by atoms with Crippen molar-refractivity contribution in [2.24, 2.45) is 0 Å². The van der Waals surface area contributed by atoms with Crippen LogP contribution in [0, 0.1) is 0 Å². The molecule has 0 unspecified atom stereocenters. The van der Waals surface area contributed by atoms with Crippen LogP contribution in [0.2, 0.25) is 0 Å². The van der Waals surface area contributed by atoms with Gasteiger partial charge in [-0.3, -0.25) is 19.4 Å². The minimum Gasteiger partial charge on any atom is -0.546 e. The van der Waals surface area contributed by atoms with Crippen molar-refractivity contribution in [1.29, 1.82) is 0 Å². The topological polar surface area (TPSA) is 90.0 Å². The Bertz CT molecular complexity index is 731. The number of carbonyl (C=O) groups excluding carboxylic acids is 3. The molecule has 1 fully saturated rings. The second kappa shape index (κ2) is 7.89. The van der Waals surface area contributed by atoms with Crippen LogP contribution in [0.1, 0.15) is 19.4 Å². The number of ether oxygens (including phenoxy) is 1. The van der Waals surface area contributed by atoms with Crippen LogP contribution in [-0.4, -0.2) is 52.4 Å². The highest BCUT2D eigenvalue weighted by atomic mass is 32.1. The maximum atomic E-state index is 12.5. The second-order valence-corrected chi connectivity index (χ2v) is 5.54. The average Bonchev–Trinajstić information content (AvgIpc) is 2.58. The molecule has 1 heterocycles. The monoisotopic (exact) mass is 361 g/mol. The van der Waals surface area contributed by atoms with Gasteiger partial charge in [-0.15, -0.1) is 0 Å². The molecule has 0 saturated carbocycles. The van der Waals surface area contributed by atoms with Crippen molar-refractivity contribution in [3.05, 3.63) is 35.4 Å². The Morgan fingerprint density at radius 3 is 2.32 bits per heavy atom. The van der Waals surface area contributed by atoms with Crippen molar-refractivity contribution in [2.75, 3.05) is 19.7 Å². The minimum absolute atomic E-state index is 0.00523. The molecule has 132 valence electrons. The summed E-state index contributed by atoms with van der Waals surface area (Å²) in [5.41, 5.74) is 0.529. The lowest BCUT2D eigenvalue weighted by Gasteiger charge is -2.35. The van der Waals surface area contributed by atoms with Gasteiger partial charge in [0.05, 0.1) is 5.97 Å². The maximum Gasteiger partial charge on any atom is 0.265 e. The van der Waals surface area contributed by atoms with E-state index >= 15 is 0 Å². The molecule has 2 rings (SSSR count). The number of likely N-dealkylation sites (N-methyl/N-ethyl adjacent to an activating group) is 2. The molecule has 0 spiro atoms. The Labute approximate surface area is 150 Å². The molecule has 0 aromatic heterocycles. The summed E-state index contributed by atoms with van der Waals surface area (Å²) in [6, 6.07) is 6.42. The van der Waals surface area contributed by atoms with Crippen LogP contribution in [0.25, 0.3) is 6.08 Å². The Hall–Kier alpha value is -2.74. The summed E-state index contributed by atoms with van der Waals surface area (Å²) in [6.07, 6.45) is 1.45. The number of rotatable bonds is 6. The number of hydrogen-bond donors (Lipinski definition) is 0. The Balaban J connectivity index is 2.36. The third-order valence-electron chi connectivity index (χ3n) is 3.57. The van der Waals surface area contributed by atoms with Crippen LogP contribution in [-0.2, 0) is 14.4 Å². The number of carboxylic acid groups (broad SMARTS) is 1. The first-order chi connectivity index (χ1) is 11.9. The fourth-order valence-corrected chi connectivity index (χ4v) is 2.81. The van der Waals surface area contributed by atoms with Gasteiger partial charge in [0.1, 0.15) is 17.9 Å². The lowest BCUT2D eigenvalue weighted by Crippen LogP contribution is -2.55. The van der Waals surface area contributed by atoms with Gasteiger partial charge in [-0.25, -0.2) is 0 Å². The fourth-order valence-electron chi connectivity index (χ4n) is 2.39. The highest BCUT2D eigenvalue weighted by Gasteiger charge is 2.37. The summed E-state index contributed by atoms with van der Waals surface area (Å²) in [4.78, 5) is 38.3. The molecular formula is C17H17N2O5S-. The molecule has 25 heavy (non-hydrogen) atoms. The molecule has 0 N–H and O–H groups in total. The van der Waals surface area contributed by atoms with Crippen molar-refractivity contribution in [3.63, 3.8) is 0 Å². The minimum atomic E-state index is -1.34. The summed E-state index contributed by atoms with van der Waals surface area (Å²) >= 11 is 5.20. The first-order valence-electron chi connectivity index (χ1n) is 7.71. The average molecular weight is 361 g/mol. The van der Waals surface area contributed by atoms with Gasteiger partial charge in [-0.1, -0.05) is 12.1 Å². The molecule has 7 nitrogen and oxygen atoms in total. The zero-order valence-electron chi connectivity index (χ0n) is 13.9. The van der Waals surface area contributed by atoms with E-state index in [1.807, 2.05) is 0 Å². The van der Waals surface area contributed by atoms with E-state index in [1.54, 1.807) is 32.0 Å². The van der Waals surface area contributed by atoms with Crippen molar-refractivity contribution in [2.45, 2.75) is 13.8 Å². The van der Waals surface area contributed by atoms with Crippen LogP contribution in [0.15, 0.2) is 29.8 Å². The van der Waals surface area contributed by atoms with Gasteiger partial charge in [0.2, 0.25) is 0 Å². The summed E-state index contributed by atoms with van der Waals surface area (Å²) in [6.45, 7) is 3.68. The summed E-state index contributed by atoms with van der Waals surface area (Å²) < 4.78 is 5.05. The number of carboxylic acids is 1. The zero-order chi connectivity index (χ0) is 18.6. The van der Waals surface area contributed by atoms with Crippen molar-refractivity contribution in [3.8, 4) is 5.75 Å². The standard InChI is InChI=1S/C17H18N2O5S/c1-3-18-15(22)13(16(23)19(4-2)17(18)25)9-11-6-5-7-12(8-11)24-10-14(20)21/h5-9H,3-4,10H2,1-2H3,(H,20,21)/p-1. The van der Waals surface area contributed by atoms with Crippen molar-refractivity contribution < 1.29 is 24.2 Å². The number of carbonyl (C=O) groups is 3. The van der Waals surface area contributed by atoms with Gasteiger partial charge in [0.25, 0.3) is 11.8 Å². The van der Waals surface area contributed by atoms with Gasteiger partial charge in [-0.05, 0) is 49.8 Å². The third kappa shape index (κ3) is 4.03. The predicted octanol–water partition coefficient (Wildman–Crippen LogP) is 0.194. The first-order valence-corrected chi connectivity index (χ1v) is 8.12. The highest BCUT2D eigenvalue weighted by Crippen LogP contribution is 2.22. The fraction of sp³-hybridized carbons (Fsp3) is 0.294. The number of aliphatic carboxylic acids is 1. The number of nitrogens with zero attached hydrogens (tertiary/aromatic N) is 2. The van der Waals surface area contributed by atoms with Crippen LogP contribution in [0.3, 0.4) is 0 Å². The summed E-state index contributed by atoms with van der Waals surface area (Å²) in [5, 5.41) is 10.7. The van der Waals surface area contributed by atoms with Crippen LogP contribution in [0.4, 0.5) is 0 Å². The van der Waals surface area contributed by atoms with Gasteiger partial charge in [-0.2, -0.15) is 0 Å². The normalized spacial score (nSPS) is 14.8. The third-order valence-corrected chi connectivity index (χ3v) is 4.01. The second-order valence-electron chi connectivity index (χ2n) is 5.17. The molecule has 8 heteroatoms. The van der Waals surface area contributed by atoms with E-state index in [1.165, 1.54) is 21.9 Å². The molecule has 1 aliphatic heterocycles. The SMILES string of the molecule is CCN1C(=O)C(=Cc2cccc(OCC(=O)[O-])c2)C(=O)N(CC)C1=S. The molecule has 0 radical (unpaired) electrons. The van der Waals surface area contributed by atoms with Crippen LogP contribution in [0.5, 0.6) is 5.75 Å². The van der Waals surface area contributed by atoms with Gasteiger partial charge >= 0.3 is 0 Å². The lowest BCUT2D eigenvalue weighted by molar-refractivity contribution is -0.307. The van der Waals surface area contributed by atoms with E-state index < -0.39 is 24.4 Å². The van der Waals surface area contributed by atoms with Gasteiger partial charge in [0.15, 0.2) is 5.11 Å². The Morgan fingerprint density at radius 2 is 1.80 bits per heavy atom. The molecule has 1 saturated heterocycles. The number of benzene rings is 1. The van der Waals surface area contributed by atoms with Gasteiger partial charge < -0.3 is 14.6 Å². The van der Waals surface area contributed by atoms with E-state index in [0.29, 0.717) is 24.4 Å². The molecule has 0 atom stereocenters. The summed E-state index contributed by atoms with van der Waals surface area (Å²) in [7, 11) is 0. The number of hydrogen-bond acceptors (Lipinski definition) is 6. The van der Waals surface area contributed by atoms with Gasteiger partial charge in [0, 0.05) is 13.1 Å². The van der Waals surface area contributed by atoms with E-state index in [2.05, 4.69) is 0 Å². The number of thiocarbonyl (C=S) groups is 1. The van der Waals surface area contributed by atoms with E-state index in [-0.39, 0.29) is 10.7 Å². The molecule has 2 amide bonds. The number of amides is 2. The van der Waals surface area contributed by atoms with Crippen molar-refractivity contribution in [1.82, 2.24) is 9.80 Å². The highest BCUT2D eigenvalue weighted by molar-refractivity contribution is 7.80. The molecule has 1 aliphatic rings. The predicted molar refractivity (Wildman–Crippen MR) is 92.3 cm³/mol. The van der Waals surface area contributed by atoms with E-state index in [4.69, 9.17) is 17.0 Å². The van der Waals surface area contributed by atoms with E-state index in [0.717, 1.165) is 0 Å². The van der Waals surface area contributed by atoms with Crippen molar-refractivity contribution >= 4 is 41.2 Å². The van der Waals surface area contributed by atoms with Crippen LogP contribution >= 0.6 is 12.2 Å². The first kappa shape index (κ1) is 18.6. The Morgan fingerprint density at radius 1 is 1.20 bits per heavy atom. The lowest BCUT2D eigenvalue weighted by atomic mass is 10.1. The molecule has 1 aromatic rings. The molecule has 1 aromatic carbocycles. The quantitative estimate of drug-likeness (QED) is 0.408. The zero-order valence-corrected chi connectivity index (χ0v) is 14.7. The molecule has 0 aliphatic carbocycles.